The first-order valence-corrected chi connectivity index (χ1v) is 5.75. The lowest BCUT2D eigenvalue weighted by molar-refractivity contribution is -0.135. The Balaban J connectivity index is 2.96. The van der Waals surface area contributed by atoms with Gasteiger partial charge in [0.15, 0.2) is 0 Å². The predicted molar refractivity (Wildman–Crippen MR) is 69.5 cm³/mol. The molecule has 0 saturated carbocycles. The zero-order chi connectivity index (χ0) is 14.4. The summed E-state index contributed by atoms with van der Waals surface area (Å²) in [6, 6.07) is 5.86. The normalized spacial score (nSPS) is 10.3. The highest BCUT2D eigenvalue weighted by Crippen LogP contribution is 2.20. The number of likely N-dealkylation sites (N-methyl/N-ethyl adjacent to an activating group) is 1. The van der Waals surface area contributed by atoms with Gasteiger partial charge in [-0.25, -0.2) is 4.39 Å². The SMILES string of the molecule is CN(C)CCN(CC(=O)O)c1ccc(C#N)cc1F. The lowest BCUT2D eigenvalue weighted by Gasteiger charge is -2.25. The highest BCUT2D eigenvalue weighted by Gasteiger charge is 2.15. The first kappa shape index (κ1) is 14.9. The van der Waals surface area contributed by atoms with Crippen molar-refractivity contribution in [3.63, 3.8) is 0 Å². The van der Waals surface area contributed by atoms with E-state index in [1.807, 2.05) is 25.1 Å². The van der Waals surface area contributed by atoms with Crippen LogP contribution in [-0.2, 0) is 4.79 Å². The zero-order valence-corrected chi connectivity index (χ0v) is 10.9. The molecule has 0 fully saturated rings. The van der Waals surface area contributed by atoms with Gasteiger partial charge in [0.05, 0.1) is 17.3 Å². The molecule has 1 N–H and O–H groups in total. The van der Waals surface area contributed by atoms with Crippen LogP contribution in [0.3, 0.4) is 0 Å². The van der Waals surface area contributed by atoms with Gasteiger partial charge in [-0.1, -0.05) is 0 Å². The summed E-state index contributed by atoms with van der Waals surface area (Å²) in [5, 5.41) is 17.6. The molecule has 0 bridgehead atoms. The van der Waals surface area contributed by atoms with Crippen molar-refractivity contribution < 1.29 is 14.3 Å². The number of carbonyl (C=O) groups is 1. The van der Waals surface area contributed by atoms with Gasteiger partial charge >= 0.3 is 5.97 Å². The molecule has 0 heterocycles. The number of rotatable bonds is 6. The summed E-state index contributed by atoms with van der Waals surface area (Å²) in [5.41, 5.74) is 0.410. The van der Waals surface area contributed by atoms with Crippen LogP contribution < -0.4 is 4.90 Å². The predicted octanol–water partition coefficient (Wildman–Crippen LogP) is 1.15. The molecule has 1 rings (SSSR count). The molecular weight excluding hydrogens is 249 g/mol. The smallest absolute Gasteiger partial charge is 0.323 e. The molecule has 0 amide bonds. The summed E-state index contributed by atoms with van der Waals surface area (Å²) in [6.07, 6.45) is 0. The number of halogens is 1. The number of anilines is 1. The van der Waals surface area contributed by atoms with Gasteiger partial charge in [-0.2, -0.15) is 5.26 Å². The van der Waals surface area contributed by atoms with Crippen molar-refractivity contribution >= 4 is 11.7 Å². The van der Waals surface area contributed by atoms with E-state index in [1.54, 1.807) is 0 Å². The van der Waals surface area contributed by atoms with Gasteiger partial charge in [0.1, 0.15) is 12.4 Å². The summed E-state index contributed by atoms with van der Waals surface area (Å²) < 4.78 is 13.9. The quantitative estimate of drug-likeness (QED) is 0.835. The Morgan fingerprint density at radius 1 is 1.42 bits per heavy atom. The van der Waals surface area contributed by atoms with Crippen LogP contribution in [0.5, 0.6) is 0 Å². The maximum Gasteiger partial charge on any atom is 0.323 e. The second-order valence-corrected chi connectivity index (χ2v) is 4.40. The molecule has 0 aliphatic heterocycles. The average Bonchev–Trinajstić information content (AvgIpc) is 2.34. The number of carboxylic acids is 1. The van der Waals surface area contributed by atoms with Crippen LogP contribution in [0.1, 0.15) is 5.56 Å². The monoisotopic (exact) mass is 265 g/mol. The van der Waals surface area contributed by atoms with Gasteiger partial charge in [0, 0.05) is 13.1 Å². The Bertz CT molecular complexity index is 497. The third kappa shape index (κ3) is 4.56. The van der Waals surface area contributed by atoms with E-state index in [1.165, 1.54) is 17.0 Å². The molecule has 0 aromatic heterocycles. The number of nitrogens with zero attached hydrogens (tertiary/aromatic N) is 3. The van der Waals surface area contributed by atoms with Crippen molar-refractivity contribution in [3.8, 4) is 6.07 Å². The summed E-state index contributed by atoms with van der Waals surface area (Å²) in [6.45, 7) is 0.714. The largest absolute Gasteiger partial charge is 0.480 e. The van der Waals surface area contributed by atoms with Gasteiger partial charge in [-0.3, -0.25) is 4.79 Å². The van der Waals surface area contributed by atoms with Gasteiger partial charge in [-0.15, -0.1) is 0 Å². The van der Waals surface area contributed by atoms with Crippen molar-refractivity contribution in [2.75, 3.05) is 38.6 Å². The fraction of sp³-hybridized carbons (Fsp3) is 0.385. The Hall–Kier alpha value is -2.13. The molecule has 0 aliphatic rings. The molecular formula is C13H16FN3O2. The van der Waals surface area contributed by atoms with Crippen molar-refractivity contribution in [1.82, 2.24) is 4.90 Å². The van der Waals surface area contributed by atoms with Crippen molar-refractivity contribution in [2.24, 2.45) is 0 Å². The molecule has 5 nitrogen and oxygen atoms in total. The first-order valence-electron chi connectivity index (χ1n) is 5.75. The number of benzene rings is 1. The fourth-order valence-corrected chi connectivity index (χ4v) is 1.60. The average molecular weight is 265 g/mol. The molecule has 102 valence electrons. The second kappa shape index (κ2) is 6.71. The Morgan fingerprint density at radius 2 is 2.11 bits per heavy atom. The van der Waals surface area contributed by atoms with Gasteiger partial charge < -0.3 is 14.9 Å². The van der Waals surface area contributed by atoms with Crippen LogP contribution in [0, 0.1) is 17.1 Å². The molecule has 0 saturated heterocycles. The maximum absolute atomic E-state index is 13.9. The van der Waals surface area contributed by atoms with Gasteiger partial charge in [0.25, 0.3) is 0 Å². The summed E-state index contributed by atoms with van der Waals surface area (Å²) in [4.78, 5) is 14.2. The first-order chi connectivity index (χ1) is 8.93. The van der Waals surface area contributed by atoms with E-state index in [2.05, 4.69) is 0 Å². The van der Waals surface area contributed by atoms with E-state index in [0.717, 1.165) is 6.07 Å². The third-order valence-corrected chi connectivity index (χ3v) is 2.56. The van der Waals surface area contributed by atoms with E-state index in [9.17, 15) is 9.18 Å². The molecule has 0 spiro atoms. The summed E-state index contributed by atoms with van der Waals surface area (Å²) in [5.74, 6) is -1.61. The molecule has 1 aromatic rings. The highest BCUT2D eigenvalue weighted by atomic mass is 19.1. The molecule has 0 unspecified atom stereocenters. The van der Waals surface area contributed by atoms with Crippen LogP contribution in [0.25, 0.3) is 0 Å². The molecule has 1 aromatic carbocycles. The van der Waals surface area contributed by atoms with Crippen LogP contribution in [0.4, 0.5) is 10.1 Å². The van der Waals surface area contributed by atoms with Crippen LogP contribution >= 0.6 is 0 Å². The number of carboxylic acid groups (broad SMARTS) is 1. The van der Waals surface area contributed by atoms with E-state index in [0.29, 0.717) is 13.1 Å². The molecule has 6 heteroatoms. The fourth-order valence-electron chi connectivity index (χ4n) is 1.60. The Morgan fingerprint density at radius 3 is 2.58 bits per heavy atom. The van der Waals surface area contributed by atoms with Crippen LogP contribution in [0.2, 0.25) is 0 Å². The van der Waals surface area contributed by atoms with Crippen molar-refractivity contribution in [2.45, 2.75) is 0 Å². The molecule has 0 radical (unpaired) electrons. The molecule has 19 heavy (non-hydrogen) atoms. The van der Waals surface area contributed by atoms with E-state index in [-0.39, 0.29) is 17.8 Å². The topological polar surface area (TPSA) is 67.6 Å². The number of hydrogen-bond donors (Lipinski definition) is 1. The molecule has 0 atom stereocenters. The highest BCUT2D eigenvalue weighted by molar-refractivity contribution is 5.74. The minimum absolute atomic E-state index is 0.197. The third-order valence-electron chi connectivity index (χ3n) is 2.56. The van der Waals surface area contributed by atoms with Gasteiger partial charge in [0.2, 0.25) is 0 Å². The summed E-state index contributed by atoms with van der Waals surface area (Å²) in [7, 11) is 3.71. The van der Waals surface area contributed by atoms with Crippen LogP contribution in [-0.4, -0.2) is 49.7 Å². The van der Waals surface area contributed by atoms with E-state index >= 15 is 0 Å². The van der Waals surface area contributed by atoms with Crippen LogP contribution in [0.15, 0.2) is 18.2 Å². The zero-order valence-electron chi connectivity index (χ0n) is 10.9. The second-order valence-electron chi connectivity index (χ2n) is 4.40. The van der Waals surface area contributed by atoms with Gasteiger partial charge in [-0.05, 0) is 32.3 Å². The Labute approximate surface area is 111 Å². The van der Waals surface area contributed by atoms with E-state index < -0.39 is 11.8 Å². The summed E-state index contributed by atoms with van der Waals surface area (Å²) >= 11 is 0. The number of nitriles is 1. The number of aliphatic carboxylic acids is 1. The lowest BCUT2D eigenvalue weighted by atomic mass is 10.2. The number of hydrogen-bond acceptors (Lipinski definition) is 4. The minimum Gasteiger partial charge on any atom is -0.480 e. The Kier molecular flexibility index (Phi) is 5.27. The van der Waals surface area contributed by atoms with Crippen molar-refractivity contribution in [1.29, 1.82) is 5.26 Å². The molecule has 0 aliphatic carbocycles. The van der Waals surface area contributed by atoms with E-state index in [4.69, 9.17) is 10.4 Å². The standard InChI is InChI=1S/C13H16FN3O2/c1-16(2)5-6-17(9-13(18)19)12-4-3-10(8-15)7-11(12)14/h3-4,7H,5-6,9H2,1-2H3,(H,18,19). The maximum atomic E-state index is 13.9. The van der Waals surface area contributed by atoms with Crippen molar-refractivity contribution in [3.05, 3.63) is 29.6 Å². The minimum atomic E-state index is -1.03. The lowest BCUT2D eigenvalue weighted by Crippen LogP contribution is -2.36.